The van der Waals surface area contributed by atoms with Gasteiger partial charge in [0.05, 0.1) is 17.9 Å². The molecule has 6 rings (SSSR count). The standard InChI is InChI=1S/C75H100N22O17S/c1-39(2)32-56(95-65(105)42(5)89-60(101)37-87-67(107)53(12-9-25-83-73(76)77)93-68(108)54(13-10-26-84-74(78)79)92-64(104)41(4)88-43(6)98)70(110)94-55(14-11-27-85-75(80)81)69(109)96-57(36-86-66(106)44-15-18-46(19-16-44)97-29-7-8-30-97)71(111)90-40(3)63(103)82-28-31-115-38-61(102)91-45-17-22-49(52(33-45)72(112)113)62-50-23-20-47(99)34-58(50)114-59-35-48(100)21-24-51(59)62/h7-8,15-24,29-30,33-35,39-42,53-57,99H,9-14,25-28,31-32,36-38H2,1-6H3,(H,82,103)(H,86,106)(H,87,107)(H,88,98)(H,89,101)(H,90,111)(H,91,102)(H,92,104)(H,93,108)(H,94,110)(H,95,105)(H,96,109)(H,112,113)(H4,76,77,83)(H4,78,79,84)(H4,80,81,85)/t40-,41-,42-,53-,54-,55-,56-,57?/m0/s1. The first-order valence-corrected chi connectivity index (χ1v) is 37.9. The van der Waals surface area contributed by atoms with E-state index >= 15 is 0 Å². The molecule has 8 atom stereocenters. The fraction of sp³-hybridized carbons (Fsp3) is 0.400. The highest BCUT2D eigenvalue weighted by molar-refractivity contribution is 8.00. The number of phenolic OH excluding ortho intramolecular Hbond substituents is 1. The van der Waals surface area contributed by atoms with Crippen LogP contribution in [-0.4, -0.2) is 209 Å². The van der Waals surface area contributed by atoms with Gasteiger partial charge in [-0.15, -0.1) is 0 Å². The Balaban J connectivity index is 1.10. The van der Waals surface area contributed by atoms with Crippen molar-refractivity contribution in [3.05, 3.63) is 125 Å². The van der Waals surface area contributed by atoms with Crippen molar-refractivity contribution in [2.24, 2.45) is 23.1 Å². The smallest absolute Gasteiger partial charge is 0.336 e. The number of carbonyl (C=O) groups is 13. The fourth-order valence-corrected chi connectivity index (χ4v) is 12.3. The highest BCUT2D eigenvalue weighted by Gasteiger charge is 2.34. The number of aromatic nitrogens is 1. The molecule has 0 spiro atoms. The lowest BCUT2D eigenvalue weighted by Gasteiger charge is -2.27. The van der Waals surface area contributed by atoms with E-state index in [1.807, 2.05) is 12.1 Å². The van der Waals surface area contributed by atoms with E-state index in [0.29, 0.717) is 16.5 Å². The largest absolute Gasteiger partial charge is 0.508 e. The minimum absolute atomic E-state index is 0.0199. The summed E-state index contributed by atoms with van der Waals surface area (Å²) in [6, 6.07) is 11.8. The molecule has 26 N–H and O–H groups in total. The van der Waals surface area contributed by atoms with Crippen LogP contribution in [0.5, 0.6) is 5.75 Å². The van der Waals surface area contributed by atoms with Gasteiger partial charge in [-0.25, -0.2) is 4.79 Å². The maximum Gasteiger partial charge on any atom is 0.336 e. The first kappa shape index (κ1) is 90.6. The summed E-state index contributed by atoms with van der Waals surface area (Å²) < 4.78 is 7.72. The molecule has 3 aromatic carbocycles. The van der Waals surface area contributed by atoms with E-state index in [1.54, 1.807) is 49.0 Å². The molecule has 0 saturated carbocycles. The molecular formula is C75H100N22O17S. The van der Waals surface area contributed by atoms with Gasteiger partial charge in [0.1, 0.15) is 65.4 Å². The van der Waals surface area contributed by atoms with Gasteiger partial charge in [-0.1, -0.05) is 19.9 Å². The van der Waals surface area contributed by atoms with Gasteiger partial charge >= 0.3 is 5.97 Å². The van der Waals surface area contributed by atoms with E-state index in [2.05, 4.69) is 79.8 Å². The van der Waals surface area contributed by atoms with Gasteiger partial charge in [0, 0.05) is 103 Å². The SMILES string of the molecule is CC(=O)N[C@@H](C)C(=O)N[C@@H](CCCNC(=N)N)C(=O)N[C@@H](CCCNC(=N)N)C(=O)NCC(=O)N[C@@H](C)C(=O)N[C@@H](CC(C)C)C(=O)N[C@@H](CCCNC(=N)N)C(=O)NC(CNC(=O)c1ccc(-n2cccc2)cc1)C(=O)N[C@@H](C)C(=O)NCCSCC(=O)Nc1ccc(-c2c3ccc(=O)cc-3oc3cc(O)ccc23)c(C(=O)O)c1. The van der Waals surface area contributed by atoms with Crippen LogP contribution < -0.4 is 102 Å². The number of rotatable bonds is 44. The molecule has 0 fully saturated rings. The Morgan fingerprint density at radius 2 is 1.04 bits per heavy atom. The first-order valence-electron chi connectivity index (χ1n) is 36.7. The van der Waals surface area contributed by atoms with E-state index in [0.717, 1.165) is 17.4 Å². The molecule has 0 saturated heterocycles. The average Bonchev–Trinajstić information content (AvgIpc) is 0.967. The molecule has 0 radical (unpaired) electrons. The second-order valence-electron chi connectivity index (χ2n) is 27.2. The van der Waals surface area contributed by atoms with Gasteiger partial charge in [-0.3, -0.25) is 78.6 Å². The Hall–Kier alpha value is -13.3. The van der Waals surface area contributed by atoms with Crippen molar-refractivity contribution < 1.29 is 77.0 Å². The van der Waals surface area contributed by atoms with Crippen LogP contribution in [-0.2, 0) is 52.7 Å². The number of carboxylic acids is 1. The number of fused-ring (bicyclic) bond motifs is 2. The topological polar surface area (TPSA) is 628 Å². The number of anilines is 1. The number of aromatic hydroxyl groups is 1. The molecule has 39 nitrogen and oxygen atoms in total. The van der Waals surface area contributed by atoms with Crippen LogP contribution in [0, 0.1) is 22.1 Å². The number of hydrogen-bond acceptors (Lipinski definition) is 20. The van der Waals surface area contributed by atoms with Crippen molar-refractivity contribution in [2.45, 2.75) is 135 Å². The summed E-state index contributed by atoms with van der Waals surface area (Å²) >= 11 is 1.11. The number of guanidine groups is 3. The van der Waals surface area contributed by atoms with Crippen molar-refractivity contribution in [3.8, 4) is 33.9 Å². The van der Waals surface area contributed by atoms with Crippen molar-refractivity contribution >= 4 is 123 Å². The molecule has 2 heterocycles. The van der Waals surface area contributed by atoms with E-state index in [1.165, 1.54) is 88.4 Å². The van der Waals surface area contributed by atoms with Gasteiger partial charge in [-0.05, 0) is 150 Å². The second kappa shape index (κ2) is 44.7. The number of thioether (sulfide) groups is 1. The van der Waals surface area contributed by atoms with Gasteiger partial charge in [0.25, 0.3) is 5.91 Å². The quantitative estimate of drug-likeness (QED) is 0.00933. The zero-order valence-corrected chi connectivity index (χ0v) is 65.0. The Bertz CT molecular complexity index is 4540. The molecule has 12 amide bonds. The van der Waals surface area contributed by atoms with E-state index in [4.69, 9.17) is 37.8 Å². The van der Waals surface area contributed by atoms with Gasteiger partial charge in [0.2, 0.25) is 65.0 Å². The number of amides is 12. The lowest BCUT2D eigenvalue weighted by molar-refractivity contribution is -0.135. The third-order valence-corrected chi connectivity index (χ3v) is 18.3. The van der Waals surface area contributed by atoms with Crippen LogP contribution >= 0.6 is 11.8 Å². The molecule has 4 aromatic rings. The molecule has 40 heteroatoms. The Kier molecular flexibility index (Phi) is 35.2. The molecule has 0 bridgehead atoms. The van der Waals surface area contributed by atoms with Crippen LogP contribution in [0.25, 0.3) is 39.1 Å². The minimum atomic E-state index is -1.65. The monoisotopic (exact) mass is 1610 g/mol. The van der Waals surface area contributed by atoms with Gasteiger partial charge in [0.15, 0.2) is 23.3 Å². The zero-order chi connectivity index (χ0) is 84.6. The summed E-state index contributed by atoms with van der Waals surface area (Å²) in [6.07, 6.45) is 3.69. The van der Waals surface area contributed by atoms with Gasteiger partial charge < -0.3 is 116 Å². The number of nitrogens with one attached hydrogen (secondary N) is 18. The highest BCUT2D eigenvalue weighted by Crippen LogP contribution is 2.42. The molecule has 115 heavy (non-hydrogen) atoms. The normalized spacial score (nSPS) is 13.0. The van der Waals surface area contributed by atoms with E-state index in [9.17, 15) is 77.3 Å². The molecule has 618 valence electrons. The first-order chi connectivity index (χ1) is 54.6. The number of nitrogens with two attached hydrogens (primary N) is 3. The van der Waals surface area contributed by atoms with Crippen LogP contribution in [0.15, 0.2) is 113 Å². The van der Waals surface area contributed by atoms with Gasteiger partial charge in [-0.2, -0.15) is 11.8 Å². The van der Waals surface area contributed by atoms with Crippen LogP contribution in [0.1, 0.15) is 107 Å². The summed E-state index contributed by atoms with van der Waals surface area (Å²) in [6.45, 7) is 7.59. The molecule has 1 unspecified atom stereocenters. The summed E-state index contributed by atoms with van der Waals surface area (Å²) in [5.41, 5.74) is 18.1. The lowest BCUT2D eigenvalue weighted by atomic mass is 9.90. The van der Waals surface area contributed by atoms with Crippen molar-refractivity contribution in [1.82, 2.24) is 79.0 Å². The fourth-order valence-electron chi connectivity index (χ4n) is 11.6. The molecular weight excluding hydrogens is 1510 g/mol. The summed E-state index contributed by atoms with van der Waals surface area (Å²) in [5.74, 6) is -12.2. The molecule has 2 aliphatic rings. The predicted molar refractivity (Wildman–Crippen MR) is 428 cm³/mol. The molecule has 1 aromatic heterocycles. The number of hydrogen-bond donors (Lipinski definition) is 23. The summed E-state index contributed by atoms with van der Waals surface area (Å²) in [4.78, 5) is 189. The number of phenols is 1. The third-order valence-electron chi connectivity index (χ3n) is 17.3. The minimum Gasteiger partial charge on any atom is -0.508 e. The van der Waals surface area contributed by atoms with E-state index in [-0.39, 0.29) is 145 Å². The van der Waals surface area contributed by atoms with Crippen LogP contribution in [0.2, 0.25) is 0 Å². The lowest BCUT2D eigenvalue weighted by Crippen LogP contribution is -2.60. The number of nitrogens with zero attached hydrogens (tertiary/aromatic N) is 1. The predicted octanol–water partition coefficient (Wildman–Crippen LogP) is -1.11. The number of carboxylic acid groups (broad SMARTS) is 1. The summed E-state index contributed by atoms with van der Waals surface area (Å²) in [5, 5.41) is 82.3. The zero-order valence-electron chi connectivity index (χ0n) is 64.2. The number of aromatic carboxylic acids is 1. The third kappa shape index (κ3) is 29.7. The number of benzene rings is 4. The Morgan fingerprint density at radius 3 is 1.61 bits per heavy atom. The Labute approximate surface area is 665 Å². The Morgan fingerprint density at radius 1 is 0.522 bits per heavy atom. The second-order valence-corrected chi connectivity index (χ2v) is 28.3. The van der Waals surface area contributed by atoms with Crippen molar-refractivity contribution in [2.75, 3.05) is 56.1 Å². The van der Waals surface area contributed by atoms with Crippen LogP contribution in [0.4, 0.5) is 5.69 Å². The van der Waals surface area contributed by atoms with E-state index < -0.39 is 144 Å². The molecule has 1 aliphatic carbocycles. The number of carbonyl (C=O) groups excluding carboxylic acids is 12. The van der Waals surface area contributed by atoms with Crippen molar-refractivity contribution in [1.29, 1.82) is 16.2 Å². The highest BCUT2D eigenvalue weighted by atomic mass is 32.2. The average molecular weight is 1610 g/mol. The van der Waals surface area contributed by atoms with Crippen molar-refractivity contribution in [3.63, 3.8) is 0 Å². The maximum absolute atomic E-state index is 14.6. The summed E-state index contributed by atoms with van der Waals surface area (Å²) in [7, 11) is 0. The maximum atomic E-state index is 14.6. The van der Waals surface area contributed by atoms with Crippen LogP contribution in [0.3, 0.4) is 0 Å². The molecule has 1 aliphatic heterocycles.